The van der Waals surface area contributed by atoms with Crippen LogP contribution in [0.5, 0.6) is 0 Å². The normalized spacial score (nSPS) is 11.1. The van der Waals surface area contributed by atoms with Crippen molar-refractivity contribution < 1.29 is 14.3 Å². The molecule has 0 atom stereocenters. The molecular weight excluding hydrogens is 288 g/mol. The van der Waals surface area contributed by atoms with Crippen LogP contribution in [-0.2, 0) is 6.54 Å². The lowest BCUT2D eigenvalue weighted by Crippen LogP contribution is -1.95. The van der Waals surface area contributed by atoms with Gasteiger partial charge in [-0.2, -0.15) is 10.3 Å². The Kier molecular flexibility index (Phi) is 3.69. The summed E-state index contributed by atoms with van der Waals surface area (Å²) in [6.07, 6.45) is 0. The number of rotatable bonds is 5. The van der Waals surface area contributed by atoms with Crippen molar-refractivity contribution in [2.24, 2.45) is 10.2 Å². The van der Waals surface area contributed by atoms with Crippen molar-refractivity contribution in [1.29, 1.82) is 0 Å². The minimum absolute atomic E-state index is 0.140. The fourth-order valence-electron chi connectivity index (χ4n) is 1.79. The first-order valence-corrected chi connectivity index (χ1v) is 6.26. The largest absolute Gasteiger partial charge is 0.478 e. The Hall–Kier alpha value is -3.36. The van der Waals surface area contributed by atoms with Gasteiger partial charge in [-0.15, -0.1) is 10.2 Å². The number of H-pyrrole nitrogens is 1. The second-order valence-corrected chi connectivity index (χ2v) is 4.26. The van der Waals surface area contributed by atoms with Crippen molar-refractivity contribution in [2.45, 2.75) is 6.54 Å². The molecule has 3 aromatic rings. The van der Waals surface area contributed by atoms with E-state index < -0.39 is 5.97 Å². The molecule has 0 fully saturated rings. The number of azo groups is 1. The zero-order valence-corrected chi connectivity index (χ0v) is 11.2. The van der Waals surface area contributed by atoms with Crippen LogP contribution in [0.3, 0.4) is 0 Å². The summed E-state index contributed by atoms with van der Waals surface area (Å²) in [6, 6.07) is 10.0. The van der Waals surface area contributed by atoms with Crippen molar-refractivity contribution in [3.63, 3.8) is 0 Å². The second kappa shape index (κ2) is 5.95. The van der Waals surface area contributed by atoms with Crippen molar-refractivity contribution in [1.82, 2.24) is 20.6 Å². The Morgan fingerprint density at radius 1 is 1.32 bits per heavy atom. The Morgan fingerprint density at radius 2 is 2.23 bits per heavy atom. The summed E-state index contributed by atoms with van der Waals surface area (Å²) in [7, 11) is 0. The van der Waals surface area contributed by atoms with Crippen LogP contribution in [0, 0.1) is 0 Å². The number of aromatic amines is 1. The average Bonchev–Trinajstić information content (AvgIpc) is 3.19. The molecule has 9 heteroatoms. The average molecular weight is 298 g/mol. The van der Waals surface area contributed by atoms with Crippen molar-refractivity contribution in [3.8, 4) is 11.3 Å². The molecule has 0 aliphatic rings. The van der Waals surface area contributed by atoms with Gasteiger partial charge in [0.15, 0.2) is 0 Å². The Morgan fingerprint density at radius 3 is 3.00 bits per heavy atom. The van der Waals surface area contributed by atoms with Crippen molar-refractivity contribution in [3.05, 3.63) is 47.7 Å². The number of tetrazole rings is 1. The number of carbonyl (C=O) groups is 1. The summed E-state index contributed by atoms with van der Waals surface area (Å²) >= 11 is 0. The number of nitrogens with zero attached hydrogens (tertiary/aromatic N) is 5. The molecule has 110 valence electrons. The van der Waals surface area contributed by atoms with Crippen LogP contribution < -0.4 is 0 Å². The predicted molar refractivity (Wildman–Crippen MR) is 73.5 cm³/mol. The van der Waals surface area contributed by atoms with Crippen LogP contribution in [0.1, 0.15) is 16.1 Å². The van der Waals surface area contributed by atoms with E-state index in [0.29, 0.717) is 17.1 Å². The Bertz CT molecular complexity index is 809. The van der Waals surface area contributed by atoms with E-state index in [2.05, 4.69) is 30.9 Å². The molecule has 0 aliphatic heterocycles. The van der Waals surface area contributed by atoms with E-state index >= 15 is 0 Å². The van der Waals surface area contributed by atoms with Crippen molar-refractivity contribution >= 4 is 11.9 Å². The quantitative estimate of drug-likeness (QED) is 0.696. The minimum atomic E-state index is -0.984. The highest BCUT2D eigenvalue weighted by Gasteiger charge is 2.08. The lowest BCUT2D eigenvalue weighted by atomic mass is 10.1. The van der Waals surface area contributed by atoms with Gasteiger partial charge < -0.3 is 9.52 Å². The lowest BCUT2D eigenvalue weighted by molar-refractivity contribution is 0.0697. The summed E-state index contributed by atoms with van der Waals surface area (Å²) < 4.78 is 5.61. The zero-order valence-electron chi connectivity index (χ0n) is 11.2. The molecule has 0 saturated heterocycles. The fourth-order valence-corrected chi connectivity index (χ4v) is 1.79. The fraction of sp³-hybridized carbons (Fsp3) is 0.0769. The summed E-state index contributed by atoms with van der Waals surface area (Å²) in [4.78, 5) is 11.0. The SMILES string of the molecule is O=C(O)c1cccc(-c2ccc(CN=Nc3nn[nH]n3)o2)c1. The van der Waals surface area contributed by atoms with Gasteiger partial charge in [0.1, 0.15) is 18.1 Å². The Balaban J connectivity index is 1.73. The van der Waals surface area contributed by atoms with Gasteiger partial charge in [-0.1, -0.05) is 17.2 Å². The van der Waals surface area contributed by atoms with Crippen LogP contribution in [0.15, 0.2) is 51.0 Å². The third kappa shape index (κ3) is 3.03. The van der Waals surface area contributed by atoms with Gasteiger partial charge in [-0.05, 0) is 29.5 Å². The molecule has 0 bridgehead atoms. The van der Waals surface area contributed by atoms with Crippen LogP contribution in [0.25, 0.3) is 11.3 Å². The highest BCUT2D eigenvalue weighted by Crippen LogP contribution is 2.23. The molecule has 1 aromatic carbocycles. The highest BCUT2D eigenvalue weighted by atomic mass is 16.4. The number of aromatic carboxylic acids is 1. The zero-order chi connectivity index (χ0) is 15.4. The topological polar surface area (TPSA) is 130 Å². The first-order valence-electron chi connectivity index (χ1n) is 6.26. The van der Waals surface area contributed by atoms with E-state index in [1.165, 1.54) is 6.07 Å². The van der Waals surface area contributed by atoms with Crippen LogP contribution in [-0.4, -0.2) is 31.7 Å². The van der Waals surface area contributed by atoms with Gasteiger partial charge >= 0.3 is 11.9 Å². The molecule has 0 saturated carbocycles. The Labute approximate surface area is 123 Å². The van der Waals surface area contributed by atoms with Crippen LogP contribution in [0.4, 0.5) is 5.95 Å². The summed E-state index contributed by atoms with van der Waals surface area (Å²) in [5.41, 5.74) is 0.883. The molecule has 0 unspecified atom stereocenters. The molecule has 3 rings (SSSR count). The maximum Gasteiger partial charge on any atom is 0.335 e. The van der Waals surface area contributed by atoms with E-state index in [1.807, 2.05) is 0 Å². The highest BCUT2D eigenvalue weighted by molar-refractivity contribution is 5.89. The second-order valence-electron chi connectivity index (χ2n) is 4.26. The summed E-state index contributed by atoms with van der Waals surface area (Å²) in [5, 5.41) is 29.5. The van der Waals surface area contributed by atoms with Crippen LogP contribution in [0.2, 0.25) is 0 Å². The summed E-state index contributed by atoms with van der Waals surface area (Å²) in [5.74, 6) is 0.305. The van der Waals surface area contributed by atoms with Gasteiger partial charge in [0.25, 0.3) is 0 Å². The lowest BCUT2D eigenvalue weighted by Gasteiger charge is -1.99. The predicted octanol–water partition coefficient (Wildman–Crippen LogP) is 2.44. The molecule has 0 aliphatic carbocycles. The van der Waals surface area contributed by atoms with Gasteiger partial charge in [0.05, 0.1) is 5.56 Å². The molecule has 2 aromatic heterocycles. The first kappa shape index (κ1) is 13.6. The van der Waals surface area contributed by atoms with E-state index in [4.69, 9.17) is 9.52 Å². The van der Waals surface area contributed by atoms with E-state index in [1.54, 1.807) is 30.3 Å². The van der Waals surface area contributed by atoms with E-state index in [0.717, 1.165) is 0 Å². The van der Waals surface area contributed by atoms with E-state index in [-0.39, 0.29) is 18.1 Å². The molecule has 0 amide bonds. The van der Waals surface area contributed by atoms with Crippen LogP contribution >= 0.6 is 0 Å². The number of nitrogens with one attached hydrogen (secondary N) is 1. The standard InChI is InChI=1S/C13H10N6O3/c20-12(21)9-3-1-2-8(6-9)11-5-4-10(22-11)7-14-15-13-16-18-19-17-13/h1-6H,7H2,(H,20,21)(H,16,17,18,19). The number of furan rings is 1. The third-order valence-electron chi connectivity index (χ3n) is 2.78. The molecule has 2 N–H and O–H groups in total. The van der Waals surface area contributed by atoms with E-state index in [9.17, 15) is 4.79 Å². The first-order chi connectivity index (χ1) is 10.7. The van der Waals surface area contributed by atoms with Crippen molar-refractivity contribution in [2.75, 3.05) is 0 Å². The molecule has 9 nitrogen and oxygen atoms in total. The smallest absolute Gasteiger partial charge is 0.335 e. The number of carboxylic acids is 1. The number of benzene rings is 1. The van der Waals surface area contributed by atoms with Gasteiger partial charge in [0.2, 0.25) is 0 Å². The molecular formula is C13H10N6O3. The molecule has 0 radical (unpaired) electrons. The summed E-state index contributed by atoms with van der Waals surface area (Å²) in [6.45, 7) is 0.215. The van der Waals surface area contributed by atoms with Gasteiger partial charge in [-0.3, -0.25) is 0 Å². The molecule has 22 heavy (non-hydrogen) atoms. The van der Waals surface area contributed by atoms with Gasteiger partial charge in [0, 0.05) is 5.56 Å². The number of aromatic nitrogens is 4. The monoisotopic (exact) mass is 298 g/mol. The molecule has 0 spiro atoms. The maximum absolute atomic E-state index is 11.0. The third-order valence-corrected chi connectivity index (χ3v) is 2.78. The minimum Gasteiger partial charge on any atom is -0.478 e. The molecule has 2 heterocycles. The number of carboxylic acid groups (broad SMARTS) is 1. The number of hydrogen-bond donors (Lipinski definition) is 2. The van der Waals surface area contributed by atoms with Gasteiger partial charge in [-0.25, -0.2) is 4.79 Å². The maximum atomic E-state index is 11.0. The number of hydrogen-bond acceptors (Lipinski definition) is 7.